The SMILES string of the molecule is CC(C)(C)OC(=O)N1CC=C(OS(=O)(=O)C(F)(F)F)CC1.CC(C)(C)OC(=O)N1CC=C(c2ccc([N+](=O)[O-])cc2)CC1.CC(C)(C)OC(=O)N1CCC(=O)CC1.CC(C)(C)OC(=O)N1CCC(c2ccc(N)cc2)CC1.O=S(=O)(N(c1ccccc1)S(=O)(=O)C(F)(F)F)C(F)(F)F.O=[N+]([O-])c1ccc(B(O)O)cc1.[Pd]. The van der Waals surface area contributed by atoms with Crippen LogP contribution in [-0.2, 0) is 78.5 Å². The molecule has 0 radical (unpaired) electrons. The minimum absolute atomic E-state index is 0. The van der Waals surface area contributed by atoms with Crippen molar-refractivity contribution in [1.29, 1.82) is 0 Å². The second kappa shape index (κ2) is 40.6. The Bertz CT molecular complexity index is 4160. The second-order valence-corrected chi connectivity index (χ2v) is 33.4. The van der Waals surface area contributed by atoms with Crippen LogP contribution in [0.5, 0.6) is 0 Å². The predicted octanol–water partition coefficient (Wildman–Crippen LogP) is 12.4. The summed E-state index contributed by atoms with van der Waals surface area (Å²) >= 11 is 0. The number of halogens is 9. The zero-order chi connectivity index (χ0) is 84.1. The van der Waals surface area contributed by atoms with Crippen molar-refractivity contribution in [3.8, 4) is 0 Å². The Morgan fingerprint density at radius 2 is 0.865 bits per heavy atom. The van der Waals surface area contributed by atoms with Gasteiger partial charge in [-0.2, -0.15) is 64.8 Å². The van der Waals surface area contributed by atoms with Crippen molar-refractivity contribution in [1.82, 2.24) is 19.6 Å². The van der Waals surface area contributed by atoms with Crippen molar-refractivity contribution in [3.05, 3.63) is 152 Å². The van der Waals surface area contributed by atoms with Crippen molar-refractivity contribution in [3.63, 3.8) is 0 Å². The minimum Gasteiger partial charge on any atom is -0.444 e. The number of hydrogen-bond acceptors (Lipinski definition) is 23. The zero-order valence-electron chi connectivity index (χ0n) is 62.2. The third-order valence-electron chi connectivity index (χ3n) is 14.5. The van der Waals surface area contributed by atoms with Crippen LogP contribution in [0.25, 0.3) is 5.57 Å². The Labute approximate surface area is 650 Å². The maximum Gasteiger partial charge on any atom is 0.534 e. The third-order valence-corrected chi connectivity index (χ3v) is 19.2. The summed E-state index contributed by atoms with van der Waals surface area (Å²) in [5, 5.41) is 38.1. The maximum atomic E-state index is 12.4. The number of nitro groups is 2. The van der Waals surface area contributed by atoms with Crippen LogP contribution < -0.4 is 14.9 Å². The van der Waals surface area contributed by atoms with E-state index < -0.39 is 102 Å². The number of ketones is 1. The molecule has 2 fully saturated rings. The van der Waals surface area contributed by atoms with Crippen molar-refractivity contribution in [2.24, 2.45) is 0 Å². The fraction of sp³-hybridized carbons (Fsp3) is 0.507. The summed E-state index contributed by atoms with van der Waals surface area (Å²) in [6.07, 6.45) is 5.04. The van der Waals surface area contributed by atoms with Gasteiger partial charge in [-0.25, -0.2) is 19.2 Å². The summed E-state index contributed by atoms with van der Waals surface area (Å²) in [6, 6.07) is 23.4. The number of benzene rings is 4. The Morgan fingerprint density at radius 3 is 1.20 bits per heavy atom. The van der Waals surface area contributed by atoms with E-state index in [1.807, 2.05) is 80.5 Å². The van der Waals surface area contributed by atoms with E-state index in [-0.39, 0.29) is 86.6 Å². The standard InChI is InChI=1S/C16H20N2O4.C16H24N2O2.C11H16F3NO5S.C10H17NO3.C8H5F6NO4S2.C6H6BNO4.Pd/c1-16(2,3)22-15(19)17-10-8-13(9-11-17)12-4-6-14(7-5-12)18(20)21;1-16(2,3)20-15(19)18-10-8-13(9-11-18)12-4-6-14(17)7-5-12;1-10(2,3)19-9(16)15-6-4-8(5-7-15)20-21(17,18)11(12,13)14;1-10(2,3)14-9(13)11-6-4-8(12)5-7-11;9-7(10,11)20(16,17)15(6-4-2-1-3-5-6)21(18,19)8(12,13)14;9-7(10)5-1-3-6(4-2-5)8(11)12;/h4-8H,9-11H2,1-3H3;4-7,13H,8-11,17H2,1-3H3;4H,5-7H2,1-3H3;4-7H2,1-3H3;1-5H;1-4,9-10H;. The smallest absolute Gasteiger partial charge is 0.444 e. The molecule has 0 aliphatic carbocycles. The van der Waals surface area contributed by atoms with Crippen LogP contribution in [0.4, 0.5) is 81.4 Å². The second-order valence-electron chi connectivity index (χ2n) is 28.1. The van der Waals surface area contributed by atoms with Gasteiger partial charge in [0.15, 0.2) is 0 Å². The number of alkyl halides is 9. The molecule has 0 atom stereocenters. The van der Waals surface area contributed by atoms with E-state index in [2.05, 4.69) is 16.3 Å². The third kappa shape index (κ3) is 33.2. The van der Waals surface area contributed by atoms with Gasteiger partial charge in [-0.3, -0.25) is 25.0 Å². The Morgan fingerprint density at radius 1 is 0.505 bits per heavy atom. The molecule has 4 heterocycles. The van der Waals surface area contributed by atoms with Crippen LogP contribution in [0, 0.1) is 20.2 Å². The number of nitro benzene ring substituents is 2. The Hall–Kier alpha value is -8.82. The first-order valence-electron chi connectivity index (χ1n) is 33.2. The van der Waals surface area contributed by atoms with E-state index in [0.717, 1.165) is 67.0 Å². The van der Waals surface area contributed by atoms with Crippen molar-refractivity contribution in [2.45, 2.75) is 166 Å². The first kappa shape index (κ1) is 98.3. The number of non-ortho nitro benzene ring substituents is 2. The number of likely N-dealkylation sites (tertiary alicyclic amines) is 2. The van der Waals surface area contributed by atoms with E-state index in [1.165, 1.54) is 46.9 Å². The fourth-order valence-corrected chi connectivity index (χ4v) is 12.5. The molecule has 8 rings (SSSR count). The summed E-state index contributed by atoms with van der Waals surface area (Å²) in [5.41, 5.74) is -11.2. The molecule has 111 heavy (non-hydrogen) atoms. The Balaban J connectivity index is 0.000000456. The molecule has 0 spiro atoms. The summed E-state index contributed by atoms with van der Waals surface area (Å²) in [4.78, 5) is 84.3. The molecule has 0 unspecified atom stereocenters. The number of sulfonamides is 2. The maximum absolute atomic E-state index is 12.4. The van der Waals surface area contributed by atoms with Gasteiger partial charge >= 0.3 is 78.2 Å². The van der Waals surface area contributed by atoms with Crippen LogP contribution >= 0.6 is 0 Å². The van der Waals surface area contributed by atoms with E-state index in [0.29, 0.717) is 63.5 Å². The zero-order valence-corrected chi connectivity index (χ0v) is 66.2. The molecule has 44 heteroatoms. The number of rotatable bonds is 10. The van der Waals surface area contributed by atoms with Gasteiger partial charge in [0, 0.05) is 122 Å². The summed E-state index contributed by atoms with van der Waals surface area (Å²) in [6.45, 7) is 25.2. The van der Waals surface area contributed by atoms with Crippen molar-refractivity contribution >= 4 is 101 Å². The number of amides is 4. The number of carbonyl (C=O) groups excluding carboxylic acids is 5. The van der Waals surface area contributed by atoms with Crippen LogP contribution in [0.15, 0.2) is 121 Å². The predicted molar refractivity (Wildman–Crippen MR) is 385 cm³/mol. The molecule has 4 amide bonds. The van der Waals surface area contributed by atoms with Gasteiger partial charge in [0.2, 0.25) is 0 Å². The van der Waals surface area contributed by atoms with Gasteiger partial charge in [-0.1, -0.05) is 48.5 Å². The molecule has 0 aromatic heterocycles. The Kier molecular flexibility index (Phi) is 35.9. The van der Waals surface area contributed by atoms with Gasteiger partial charge in [0.1, 0.15) is 33.9 Å². The number of hydrogen-bond donors (Lipinski definition) is 3. The number of nitrogen functional groups attached to an aromatic ring is 1. The van der Waals surface area contributed by atoms with E-state index >= 15 is 0 Å². The van der Waals surface area contributed by atoms with Crippen molar-refractivity contribution in [2.75, 3.05) is 61.8 Å². The average Bonchev–Trinajstić information content (AvgIpc) is 0.740. The van der Waals surface area contributed by atoms with Gasteiger partial charge in [-0.15, -0.1) is 3.71 Å². The van der Waals surface area contributed by atoms with E-state index in [4.69, 9.17) is 34.7 Å². The van der Waals surface area contributed by atoms with Gasteiger partial charge in [0.25, 0.3) is 11.4 Å². The van der Waals surface area contributed by atoms with E-state index in [9.17, 15) is 109 Å². The van der Waals surface area contributed by atoms with Gasteiger partial charge in [0.05, 0.1) is 15.5 Å². The largest absolute Gasteiger partial charge is 0.534 e. The molecule has 4 aliphatic rings. The fourth-order valence-electron chi connectivity index (χ4n) is 9.30. The number of para-hydroxylation sites is 1. The summed E-state index contributed by atoms with van der Waals surface area (Å²) in [7, 11) is -20.9. The minimum atomic E-state index is -6.81. The van der Waals surface area contributed by atoms with Crippen LogP contribution in [-0.4, -0.2) is 193 Å². The van der Waals surface area contributed by atoms with Gasteiger partial charge < -0.3 is 58.5 Å². The first-order valence-corrected chi connectivity index (χ1v) is 37.4. The number of Topliss-reactive ketones (excluding diaryl/α,β-unsaturated/α-hetero) is 1. The number of nitrogens with zero attached hydrogens (tertiary/aromatic N) is 7. The quantitative estimate of drug-likeness (QED) is 0.0194. The molecule has 4 N–H and O–H groups in total. The average molecular weight is 1740 g/mol. The molecular weight excluding hydrogens is 1650 g/mol. The number of piperidine rings is 2. The molecule has 30 nitrogen and oxygen atoms in total. The monoisotopic (exact) mass is 1740 g/mol. The molecule has 4 aliphatic heterocycles. The molecule has 0 saturated carbocycles. The summed E-state index contributed by atoms with van der Waals surface area (Å²) in [5.74, 6) is 0.395. The normalized spacial score (nSPS) is 15.3. The molecule has 2 saturated heterocycles. The van der Waals surface area contributed by atoms with E-state index in [1.54, 1.807) is 47.6 Å². The number of ether oxygens (including phenoxy) is 4. The molecule has 4 aromatic rings. The topological polar surface area (TPSA) is 403 Å². The van der Waals surface area contributed by atoms with Crippen molar-refractivity contribution < 1.29 is 152 Å². The molecule has 0 bridgehead atoms. The molecular formula is C67H88BF9N8O22PdS3. The van der Waals surface area contributed by atoms with Gasteiger partial charge in [-0.05, 0) is 173 Å². The summed E-state index contributed by atoms with van der Waals surface area (Å²) < 4.78 is 201. The molecule has 4 aromatic carbocycles. The first-order chi connectivity index (χ1) is 50.1. The number of nitrogens with two attached hydrogens (primary N) is 1. The number of carbonyl (C=O) groups is 5. The van der Waals surface area contributed by atoms with Crippen LogP contribution in [0.2, 0.25) is 0 Å². The van der Waals surface area contributed by atoms with Crippen LogP contribution in [0.1, 0.15) is 139 Å². The molecule has 622 valence electrons. The van der Waals surface area contributed by atoms with Crippen LogP contribution in [0.3, 0.4) is 0 Å². The number of anilines is 2.